The molecule has 0 fully saturated rings. The number of fused-ring (bicyclic) bond motifs is 7. The zero-order valence-electron chi connectivity index (χ0n) is 38.5. The van der Waals surface area contributed by atoms with Crippen molar-refractivity contribution in [3.8, 4) is 22.3 Å². The summed E-state index contributed by atoms with van der Waals surface area (Å²) in [4.78, 5) is 5.13. The van der Waals surface area contributed by atoms with Crippen LogP contribution < -0.4 is 26.2 Å². The molecule has 0 saturated carbocycles. The van der Waals surface area contributed by atoms with Gasteiger partial charge in [0.1, 0.15) is 11.2 Å². The molecule has 2 aliphatic heterocycles. The summed E-state index contributed by atoms with van der Waals surface area (Å²) in [6.07, 6.45) is 0. The van der Waals surface area contributed by atoms with E-state index in [0.717, 1.165) is 33.3 Å². The van der Waals surface area contributed by atoms with Crippen LogP contribution in [0.5, 0.6) is 0 Å². The van der Waals surface area contributed by atoms with E-state index in [1.54, 1.807) is 0 Å². The van der Waals surface area contributed by atoms with E-state index in [2.05, 4.69) is 236 Å². The highest BCUT2D eigenvalue weighted by Gasteiger charge is 2.44. The maximum Gasteiger partial charge on any atom is 0.252 e. The number of para-hydroxylation sites is 1. The highest BCUT2D eigenvalue weighted by molar-refractivity contribution is 7.00. The van der Waals surface area contributed by atoms with Gasteiger partial charge in [-0.3, -0.25) is 0 Å². The molecular formula is C60H55BN2O. The molecule has 0 aliphatic carbocycles. The molecule has 9 aromatic rings. The van der Waals surface area contributed by atoms with Crippen LogP contribution in [-0.4, -0.2) is 6.71 Å². The third-order valence-corrected chi connectivity index (χ3v) is 13.7. The standard InChI is InChI=1S/C60H55BN2O/c1-58(2,3)41-26-32-48-50(34-41)62(44-28-22-39(23-29-44)38-16-11-10-12-17-38)52-36-43(60(7,8)9)37-53-57(52)61(48)49-33-27-42(59(4,5)6)35-51(49)63(53)45-30-24-40(25-31-45)46-19-15-21-55-56(46)47-18-13-14-20-54(47)64-55/h10-37H,1-9H3. The van der Waals surface area contributed by atoms with E-state index < -0.39 is 0 Å². The number of hydrogen-bond acceptors (Lipinski definition) is 3. The van der Waals surface area contributed by atoms with Gasteiger partial charge in [0.2, 0.25) is 0 Å². The Balaban J connectivity index is 1.17. The number of furan rings is 1. The van der Waals surface area contributed by atoms with Gasteiger partial charge in [-0.2, -0.15) is 0 Å². The van der Waals surface area contributed by atoms with Crippen molar-refractivity contribution < 1.29 is 4.42 Å². The predicted molar refractivity (Wildman–Crippen MR) is 275 cm³/mol. The minimum absolute atomic E-state index is 0.0259. The van der Waals surface area contributed by atoms with E-state index in [0.29, 0.717) is 0 Å². The minimum atomic E-state index is -0.119. The average Bonchev–Trinajstić information content (AvgIpc) is 3.67. The van der Waals surface area contributed by atoms with Gasteiger partial charge in [0.05, 0.1) is 0 Å². The lowest BCUT2D eigenvalue weighted by atomic mass is 9.33. The first-order chi connectivity index (χ1) is 30.6. The molecule has 8 aromatic carbocycles. The highest BCUT2D eigenvalue weighted by atomic mass is 16.3. The van der Waals surface area contributed by atoms with Gasteiger partial charge in [0, 0.05) is 44.9 Å². The van der Waals surface area contributed by atoms with Crippen molar-refractivity contribution >= 4 is 79.2 Å². The third kappa shape index (κ3) is 6.49. The van der Waals surface area contributed by atoms with Crippen molar-refractivity contribution in [3.05, 3.63) is 187 Å². The lowest BCUT2D eigenvalue weighted by Crippen LogP contribution is -2.61. The molecule has 3 heterocycles. The predicted octanol–water partition coefficient (Wildman–Crippen LogP) is 14.9. The Bertz CT molecular complexity index is 3270. The molecule has 314 valence electrons. The molecule has 2 aliphatic rings. The van der Waals surface area contributed by atoms with E-state index in [-0.39, 0.29) is 23.0 Å². The summed E-state index contributed by atoms with van der Waals surface area (Å²) in [7, 11) is 0. The number of anilines is 6. The van der Waals surface area contributed by atoms with E-state index in [9.17, 15) is 0 Å². The average molecular weight is 831 g/mol. The van der Waals surface area contributed by atoms with Gasteiger partial charge in [0.25, 0.3) is 6.71 Å². The second-order valence-corrected chi connectivity index (χ2v) is 21.1. The monoisotopic (exact) mass is 830 g/mol. The van der Waals surface area contributed by atoms with Gasteiger partial charge < -0.3 is 14.2 Å². The van der Waals surface area contributed by atoms with Crippen LogP contribution in [0.1, 0.15) is 79.0 Å². The second-order valence-electron chi connectivity index (χ2n) is 21.1. The van der Waals surface area contributed by atoms with E-state index in [1.165, 1.54) is 78.1 Å². The molecule has 64 heavy (non-hydrogen) atoms. The molecule has 0 saturated heterocycles. The minimum Gasteiger partial charge on any atom is -0.456 e. The zero-order valence-corrected chi connectivity index (χ0v) is 38.5. The van der Waals surface area contributed by atoms with Gasteiger partial charge in [-0.25, -0.2) is 0 Å². The molecule has 0 amide bonds. The lowest BCUT2D eigenvalue weighted by Gasteiger charge is -2.45. The molecule has 4 heteroatoms. The molecular weight excluding hydrogens is 775 g/mol. The summed E-state index contributed by atoms with van der Waals surface area (Å²) in [6.45, 7) is 21.0. The van der Waals surface area contributed by atoms with Gasteiger partial charge >= 0.3 is 0 Å². The summed E-state index contributed by atoms with van der Waals surface area (Å²) in [5.41, 5.74) is 21.6. The largest absolute Gasteiger partial charge is 0.456 e. The molecule has 3 nitrogen and oxygen atoms in total. The summed E-state index contributed by atoms with van der Waals surface area (Å²) >= 11 is 0. The smallest absolute Gasteiger partial charge is 0.252 e. The fourth-order valence-corrected chi connectivity index (χ4v) is 10.2. The van der Waals surface area contributed by atoms with Gasteiger partial charge in [-0.1, -0.05) is 172 Å². The molecule has 0 N–H and O–H groups in total. The third-order valence-electron chi connectivity index (χ3n) is 13.7. The number of hydrogen-bond donors (Lipinski definition) is 0. The van der Waals surface area contributed by atoms with Crippen molar-refractivity contribution in [2.75, 3.05) is 9.80 Å². The highest BCUT2D eigenvalue weighted by Crippen LogP contribution is 2.48. The van der Waals surface area contributed by atoms with Crippen molar-refractivity contribution in [1.29, 1.82) is 0 Å². The van der Waals surface area contributed by atoms with E-state index >= 15 is 0 Å². The van der Waals surface area contributed by atoms with Crippen LogP contribution in [0.25, 0.3) is 44.2 Å². The van der Waals surface area contributed by atoms with Crippen molar-refractivity contribution in [3.63, 3.8) is 0 Å². The summed E-state index contributed by atoms with van der Waals surface area (Å²) in [5, 5.41) is 2.30. The van der Waals surface area contributed by atoms with E-state index in [1.807, 2.05) is 6.07 Å². The van der Waals surface area contributed by atoms with Crippen LogP contribution in [0.3, 0.4) is 0 Å². The molecule has 1 aromatic heterocycles. The number of benzene rings is 8. The van der Waals surface area contributed by atoms with Crippen molar-refractivity contribution in [2.45, 2.75) is 78.6 Å². The van der Waals surface area contributed by atoms with E-state index in [4.69, 9.17) is 4.42 Å². The summed E-state index contributed by atoms with van der Waals surface area (Å²) in [5.74, 6) is 0. The maximum absolute atomic E-state index is 6.33. The summed E-state index contributed by atoms with van der Waals surface area (Å²) < 4.78 is 6.33. The first-order valence-electron chi connectivity index (χ1n) is 22.9. The Hall–Kier alpha value is -6.78. The second kappa shape index (κ2) is 14.4. The number of nitrogens with zero attached hydrogens (tertiary/aromatic N) is 2. The van der Waals surface area contributed by atoms with Crippen molar-refractivity contribution in [1.82, 2.24) is 0 Å². The van der Waals surface area contributed by atoms with Crippen LogP contribution in [0, 0.1) is 0 Å². The Morgan fingerprint density at radius 2 is 0.859 bits per heavy atom. The fourth-order valence-electron chi connectivity index (χ4n) is 10.2. The lowest BCUT2D eigenvalue weighted by molar-refractivity contribution is 0.590. The Labute approximate surface area is 379 Å². The Kier molecular flexibility index (Phi) is 8.99. The molecule has 0 atom stereocenters. The van der Waals surface area contributed by atoms with Crippen LogP contribution >= 0.6 is 0 Å². The van der Waals surface area contributed by atoms with Crippen LogP contribution in [-0.2, 0) is 16.2 Å². The normalized spacial score (nSPS) is 13.6. The molecule has 0 spiro atoms. The maximum atomic E-state index is 6.33. The molecule has 0 radical (unpaired) electrons. The van der Waals surface area contributed by atoms with Gasteiger partial charge in [-0.15, -0.1) is 0 Å². The number of rotatable bonds is 4. The first-order valence-corrected chi connectivity index (χ1v) is 22.9. The molecule has 0 bridgehead atoms. The topological polar surface area (TPSA) is 19.6 Å². The SMILES string of the molecule is CC(C)(C)c1ccc2c(c1)N(c1ccc(-c3ccccc3)cc1)c1cc(C(C)(C)C)cc3c1B2c1ccc(C(C)(C)C)cc1N3c1ccc(-c2cccc3oc4ccccc4c23)cc1. The molecule has 0 unspecified atom stereocenters. The quantitative estimate of drug-likeness (QED) is 0.165. The molecule has 11 rings (SSSR count). The summed E-state index contributed by atoms with van der Waals surface area (Å²) in [6, 6.07) is 63.5. The Morgan fingerprint density at radius 1 is 0.391 bits per heavy atom. The van der Waals surface area contributed by atoms with Crippen LogP contribution in [0.2, 0.25) is 0 Å². The fraction of sp³-hybridized carbons (Fsp3) is 0.200. The van der Waals surface area contributed by atoms with Gasteiger partial charge in [-0.05, 0) is 132 Å². The van der Waals surface area contributed by atoms with Crippen LogP contribution in [0.4, 0.5) is 34.1 Å². The Morgan fingerprint density at radius 3 is 1.41 bits per heavy atom. The zero-order chi connectivity index (χ0) is 44.3. The van der Waals surface area contributed by atoms with Crippen LogP contribution in [0.15, 0.2) is 174 Å². The van der Waals surface area contributed by atoms with Gasteiger partial charge in [0.15, 0.2) is 0 Å². The van der Waals surface area contributed by atoms with Crippen molar-refractivity contribution in [2.24, 2.45) is 0 Å². The first kappa shape index (κ1) is 40.0.